The molecule has 2 aromatic rings. The Morgan fingerprint density at radius 1 is 1.24 bits per heavy atom. The maximum absolute atomic E-state index is 15.3. The van der Waals surface area contributed by atoms with Crippen LogP contribution in [0.1, 0.15) is 47.6 Å². The Balaban J connectivity index is 1.50. The lowest BCUT2D eigenvalue weighted by atomic mass is 9.82. The highest BCUT2D eigenvalue weighted by atomic mass is 32.2. The molecule has 33 heavy (non-hydrogen) atoms. The molecule has 0 spiro atoms. The minimum absolute atomic E-state index is 0.0540. The molecule has 0 saturated carbocycles. The molecule has 6 nitrogen and oxygen atoms in total. The summed E-state index contributed by atoms with van der Waals surface area (Å²) in [6.07, 6.45) is 3.13. The van der Waals surface area contributed by atoms with Gasteiger partial charge in [-0.05, 0) is 30.9 Å². The number of nitrogens with one attached hydrogen (secondary N) is 2. The van der Waals surface area contributed by atoms with Gasteiger partial charge in [-0.15, -0.1) is 4.31 Å². The molecule has 0 radical (unpaired) electrons. The highest BCUT2D eigenvalue weighted by Gasteiger charge is 2.37. The van der Waals surface area contributed by atoms with Gasteiger partial charge >= 0.3 is 0 Å². The van der Waals surface area contributed by atoms with Gasteiger partial charge in [0.25, 0.3) is 0 Å². The number of halogens is 1. The lowest BCUT2D eigenvalue weighted by molar-refractivity contribution is -0.120. The molecule has 2 saturated heterocycles. The maximum Gasteiger partial charge on any atom is 0.233 e. The van der Waals surface area contributed by atoms with Crippen LogP contribution in [-0.4, -0.2) is 48.1 Å². The number of rotatable bonds is 7. The summed E-state index contributed by atoms with van der Waals surface area (Å²) in [4.78, 5) is 11.8. The van der Waals surface area contributed by atoms with Crippen LogP contribution >= 0.6 is 0 Å². The largest absolute Gasteiger partial charge is 0.597 e. The number of hydrogen-bond donors (Lipinski definition) is 2. The van der Waals surface area contributed by atoms with E-state index in [0.717, 1.165) is 24.0 Å². The third-order valence-corrected chi connectivity index (χ3v) is 8.52. The van der Waals surface area contributed by atoms with Crippen molar-refractivity contribution >= 4 is 17.3 Å². The molecular weight excluding hydrogens is 441 g/mol. The Kier molecular flexibility index (Phi) is 8.03. The molecule has 0 aromatic heterocycles. The summed E-state index contributed by atoms with van der Waals surface area (Å²) in [7, 11) is 1.60. The van der Waals surface area contributed by atoms with Crippen molar-refractivity contribution in [2.45, 2.75) is 43.0 Å². The molecular formula is C25H32FN3O3S. The lowest BCUT2D eigenvalue weighted by Gasteiger charge is -2.39. The number of nitrogens with zero attached hydrogens (tertiary/aromatic N) is 1. The summed E-state index contributed by atoms with van der Waals surface area (Å²) in [6, 6.07) is 15.2. The molecule has 2 aromatic carbocycles. The van der Waals surface area contributed by atoms with E-state index in [1.54, 1.807) is 19.2 Å². The highest BCUT2D eigenvalue weighted by Crippen LogP contribution is 2.36. The minimum Gasteiger partial charge on any atom is -0.597 e. The third kappa shape index (κ3) is 5.58. The van der Waals surface area contributed by atoms with E-state index in [1.165, 1.54) is 0 Å². The van der Waals surface area contributed by atoms with Crippen LogP contribution in [0.4, 0.5) is 4.39 Å². The molecule has 1 amide bonds. The van der Waals surface area contributed by atoms with Crippen LogP contribution < -0.4 is 10.6 Å². The highest BCUT2D eigenvalue weighted by molar-refractivity contribution is 7.89. The van der Waals surface area contributed by atoms with E-state index in [9.17, 15) is 9.35 Å². The molecule has 1 unspecified atom stereocenters. The quantitative estimate of drug-likeness (QED) is 0.604. The smallest absolute Gasteiger partial charge is 0.233 e. The van der Waals surface area contributed by atoms with Gasteiger partial charge in [0.2, 0.25) is 5.91 Å². The van der Waals surface area contributed by atoms with Gasteiger partial charge in [-0.3, -0.25) is 10.1 Å². The summed E-state index contributed by atoms with van der Waals surface area (Å²) in [5.41, 5.74) is 1.92. The molecule has 2 aliphatic heterocycles. The number of amides is 1. The molecule has 2 fully saturated rings. The van der Waals surface area contributed by atoms with E-state index in [1.807, 2.05) is 40.7 Å². The van der Waals surface area contributed by atoms with Crippen molar-refractivity contribution in [3.63, 3.8) is 0 Å². The van der Waals surface area contributed by atoms with Crippen molar-refractivity contribution in [3.05, 3.63) is 71.0 Å². The van der Waals surface area contributed by atoms with Crippen molar-refractivity contribution in [3.8, 4) is 0 Å². The topological polar surface area (TPSA) is 76.7 Å². The van der Waals surface area contributed by atoms with Gasteiger partial charge in [-0.2, -0.15) is 0 Å². The third-order valence-electron chi connectivity index (χ3n) is 6.71. The second-order valence-corrected chi connectivity index (χ2v) is 10.3. The van der Waals surface area contributed by atoms with Crippen LogP contribution in [0.2, 0.25) is 0 Å². The second kappa shape index (κ2) is 11.0. The fourth-order valence-electron chi connectivity index (χ4n) is 4.71. The first-order valence-corrected chi connectivity index (χ1v) is 12.7. The number of carbonyl (C=O) groups excluding carboxylic acids is 1. The van der Waals surface area contributed by atoms with Crippen molar-refractivity contribution in [2.75, 3.05) is 33.4 Å². The van der Waals surface area contributed by atoms with E-state index in [2.05, 4.69) is 10.6 Å². The summed E-state index contributed by atoms with van der Waals surface area (Å²) in [6.45, 7) is 2.26. The summed E-state index contributed by atoms with van der Waals surface area (Å²) < 4.78 is 35.9. The molecule has 4 rings (SSSR count). The lowest BCUT2D eigenvalue weighted by Crippen LogP contribution is -2.50. The van der Waals surface area contributed by atoms with Crippen LogP contribution in [0.3, 0.4) is 0 Å². The first kappa shape index (κ1) is 24.2. The van der Waals surface area contributed by atoms with Gasteiger partial charge in [0.05, 0.1) is 13.1 Å². The van der Waals surface area contributed by atoms with Crippen LogP contribution in [0, 0.1) is 5.82 Å². The Morgan fingerprint density at radius 3 is 2.70 bits per heavy atom. The zero-order valence-corrected chi connectivity index (χ0v) is 19.8. The van der Waals surface area contributed by atoms with Gasteiger partial charge in [0, 0.05) is 61.3 Å². The minimum atomic E-state index is -1.21. The zero-order valence-electron chi connectivity index (χ0n) is 19.0. The average molecular weight is 474 g/mol. The van der Waals surface area contributed by atoms with Crippen molar-refractivity contribution in [2.24, 2.45) is 0 Å². The number of ether oxygens (including phenoxy) is 1. The number of carbonyl (C=O) groups is 1. The molecule has 178 valence electrons. The molecule has 0 bridgehead atoms. The standard InChI is InChI=1S/C25H32FN3O3S/c1-27-24(30)17-28-25(11-14-32-15-12-25)21-10-9-20(22(26)16-21)18-29-13-5-8-23(33(29)31)19-6-3-2-4-7-19/h2-4,6-7,9-10,16,23,28H,5,8,11-15,17-18H2,1H3,(H,27,30)/t23-,33?/m1/s1. The predicted octanol–water partition coefficient (Wildman–Crippen LogP) is 3.17. The van der Waals surface area contributed by atoms with Gasteiger partial charge < -0.3 is 14.6 Å². The number of hydrogen-bond acceptors (Lipinski definition) is 5. The van der Waals surface area contributed by atoms with E-state index < -0.39 is 16.9 Å². The molecule has 0 aliphatic carbocycles. The summed E-state index contributed by atoms with van der Waals surface area (Å²) >= 11 is -1.21. The van der Waals surface area contributed by atoms with Gasteiger partial charge in [0.15, 0.2) is 5.25 Å². The molecule has 2 aliphatic rings. The Labute approximate surface area is 198 Å². The molecule has 2 N–H and O–H groups in total. The van der Waals surface area contributed by atoms with Gasteiger partial charge in [-0.1, -0.05) is 42.5 Å². The maximum atomic E-state index is 15.3. The van der Waals surface area contributed by atoms with Crippen LogP contribution in [0.25, 0.3) is 0 Å². The summed E-state index contributed by atoms with van der Waals surface area (Å²) in [5.74, 6) is -0.419. The average Bonchev–Trinajstić information content (AvgIpc) is 2.86. The monoisotopic (exact) mass is 473 g/mol. The van der Waals surface area contributed by atoms with E-state index in [-0.39, 0.29) is 23.5 Å². The fraction of sp³-hybridized carbons (Fsp3) is 0.480. The van der Waals surface area contributed by atoms with E-state index in [0.29, 0.717) is 44.7 Å². The number of benzene rings is 2. The van der Waals surface area contributed by atoms with E-state index in [4.69, 9.17) is 4.74 Å². The fourth-order valence-corrected chi connectivity index (χ4v) is 6.40. The SMILES string of the molecule is CNC(=O)CNC1(c2ccc(CN3CCC[C@H](c4ccccc4)[S+]3[O-])c(F)c2)CCOCC1. The van der Waals surface area contributed by atoms with Gasteiger partial charge in [0.1, 0.15) is 5.82 Å². The normalized spacial score (nSPS) is 23.2. The molecule has 2 heterocycles. The molecule has 8 heteroatoms. The van der Waals surface area contributed by atoms with Crippen molar-refractivity contribution in [1.29, 1.82) is 0 Å². The van der Waals surface area contributed by atoms with Crippen molar-refractivity contribution in [1.82, 2.24) is 14.9 Å². The van der Waals surface area contributed by atoms with Crippen LogP contribution in [0.15, 0.2) is 48.5 Å². The van der Waals surface area contributed by atoms with Crippen LogP contribution in [-0.2, 0) is 33.0 Å². The first-order chi connectivity index (χ1) is 16.0. The zero-order chi connectivity index (χ0) is 23.3. The molecule has 2 atom stereocenters. The first-order valence-electron chi connectivity index (χ1n) is 11.6. The summed E-state index contributed by atoms with van der Waals surface area (Å²) in [5, 5.41) is 5.91. The van der Waals surface area contributed by atoms with Crippen molar-refractivity contribution < 1.29 is 18.5 Å². The number of likely N-dealkylation sites (N-methyl/N-ethyl adjacent to an activating group) is 1. The predicted molar refractivity (Wildman–Crippen MR) is 127 cm³/mol. The van der Waals surface area contributed by atoms with Crippen LogP contribution in [0.5, 0.6) is 0 Å². The second-order valence-electron chi connectivity index (χ2n) is 8.71. The van der Waals surface area contributed by atoms with Gasteiger partial charge in [-0.25, -0.2) is 4.39 Å². The Morgan fingerprint density at radius 2 is 2.00 bits per heavy atom. The Bertz CT molecular complexity index is 940. The van der Waals surface area contributed by atoms with E-state index >= 15 is 4.39 Å². The Hall–Kier alpha value is -1.97.